The molecule has 102 valence electrons. The highest BCUT2D eigenvalue weighted by atomic mass is 35.5. The van der Waals surface area contributed by atoms with Crippen LogP contribution in [0.1, 0.15) is 33.9 Å². The van der Waals surface area contributed by atoms with E-state index in [0.29, 0.717) is 0 Å². The minimum atomic E-state index is -0.596. The summed E-state index contributed by atoms with van der Waals surface area (Å²) in [4.78, 5) is 12.1. The van der Waals surface area contributed by atoms with Crippen molar-refractivity contribution >= 4 is 17.5 Å². The van der Waals surface area contributed by atoms with Crippen LogP contribution in [0.2, 0.25) is 5.02 Å². The lowest BCUT2D eigenvalue weighted by molar-refractivity contribution is 0.0932. The number of amides is 1. The molecule has 0 aromatic heterocycles. The summed E-state index contributed by atoms with van der Waals surface area (Å²) in [6.07, 6.45) is 1.78. The fraction of sp³-hybridized carbons (Fsp3) is 0.188. The molecule has 1 amide bonds. The van der Waals surface area contributed by atoms with E-state index in [1.807, 2.05) is 18.2 Å². The Bertz CT molecular complexity index is 671. The van der Waals surface area contributed by atoms with Crippen LogP contribution >= 0.6 is 11.6 Å². The summed E-state index contributed by atoms with van der Waals surface area (Å²) in [5.41, 5.74) is 2.39. The molecule has 0 heterocycles. The lowest BCUT2D eigenvalue weighted by Crippen LogP contribution is -2.27. The Hall–Kier alpha value is -1.87. The molecule has 1 N–H and O–H groups in total. The summed E-state index contributed by atoms with van der Waals surface area (Å²) >= 11 is 5.69. The van der Waals surface area contributed by atoms with Crippen LogP contribution in [0.3, 0.4) is 0 Å². The monoisotopic (exact) mass is 289 g/mol. The van der Waals surface area contributed by atoms with Gasteiger partial charge in [-0.1, -0.05) is 35.9 Å². The van der Waals surface area contributed by atoms with E-state index in [-0.39, 0.29) is 16.6 Å². The first-order chi connectivity index (χ1) is 9.65. The highest BCUT2D eigenvalue weighted by Gasteiger charge is 2.24. The Morgan fingerprint density at radius 1 is 1.25 bits per heavy atom. The van der Waals surface area contributed by atoms with Crippen molar-refractivity contribution in [3.05, 3.63) is 70.0 Å². The first-order valence-electron chi connectivity index (χ1n) is 6.49. The maximum Gasteiger partial charge on any atom is 0.254 e. The molecule has 20 heavy (non-hydrogen) atoms. The zero-order chi connectivity index (χ0) is 14.1. The van der Waals surface area contributed by atoms with Crippen molar-refractivity contribution in [2.45, 2.75) is 18.9 Å². The van der Waals surface area contributed by atoms with Crippen LogP contribution in [0.15, 0.2) is 42.5 Å². The van der Waals surface area contributed by atoms with E-state index in [1.54, 1.807) is 0 Å². The number of hydrogen-bond acceptors (Lipinski definition) is 1. The lowest BCUT2D eigenvalue weighted by Gasteiger charge is -2.14. The molecule has 1 unspecified atom stereocenters. The molecular formula is C16H13ClFNO. The average Bonchev–Trinajstić information content (AvgIpc) is 2.82. The van der Waals surface area contributed by atoms with E-state index >= 15 is 0 Å². The van der Waals surface area contributed by atoms with Crippen molar-refractivity contribution in [3.8, 4) is 0 Å². The molecule has 0 aliphatic heterocycles. The molecule has 0 fully saturated rings. The van der Waals surface area contributed by atoms with E-state index in [0.717, 1.165) is 24.5 Å². The van der Waals surface area contributed by atoms with Gasteiger partial charge in [-0.3, -0.25) is 4.79 Å². The van der Waals surface area contributed by atoms with Gasteiger partial charge in [-0.25, -0.2) is 4.39 Å². The second kappa shape index (κ2) is 5.25. The normalized spacial score (nSPS) is 16.8. The predicted octanol–water partition coefficient (Wildman–Crippen LogP) is 3.90. The van der Waals surface area contributed by atoms with Gasteiger partial charge in [0.15, 0.2) is 0 Å². The van der Waals surface area contributed by atoms with Crippen LogP contribution in [-0.4, -0.2) is 5.91 Å². The third-order valence-electron chi connectivity index (χ3n) is 3.61. The maximum absolute atomic E-state index is 13.7. The molecule has 1 aliphatic carbocycles. The molecule has 2 aromatic carbocycles. The highest BCUT2D eigenvalue weighted by Crippen LogP contribution is 2.31. The van der Waals surface area contributed by atoms with Crippen LogP contribution in [0, 0.1) is 5.82 Å². The zero-order valence-corrected chi connectivity index (χ0v) is 11.5. The van der Waals surface area contributed by atoms with E-state index in [4.69, 9.17) is 11.6 Å². The minimum absolute atomic E-state index is 0.0266. The summed E-state index contributed by atoms with van der Waals surface area (Å²) in [5, 5.41) is 3.17. The van der Waals surface area contributed by atoms with Crippen molar-refractivity contribution in [2.75, 3.05) is 0 Å². The summed E-state index contributed by atoms with van der Waals surface area (Å²) in [7, 11) is 0. The van der Waals surface area contributed by atoms with Crippen LogP contribution < -0.4 is 5.32 Å². The van der Waals surface area contributed by atoms with Crippen LogP contribution in [0.4, 0.5) is 4.39 Å². The van der Waals surface area contributed by atoms with Gasteiger partial charge >= 0.3 is 0 Å². The van der Waals surface area contributed by atoms with E-state index in [1.165, 1.54) is 17.7 Å². The van der Waals surface area contributed by atoms with Gasteiger partial charge in [0.25, 0.3) is 5.91 Å². The molecule has 0 saturated heterocycles. The molecule has 3 rings (SSSR count). The van der Waals surface area contributed by atoms with Gasteiger partial charge < -0.3 is 5.32 Å². The number of carbonyl (C=O) groups is 1. The molecule has 2 nitrogen and oxygen atoms in total. The largest absolute Gasteiger partial charge is 0.345 e. The molecule has 4 heteroatoms. The SMILES string of the molecule is O=C(NC1CCc2ccccc21)c1ccc(Cl)cc1F. The van der Waals surface area contributed by atoms with E-state index in [2.05, 4.69) is 11.4 Å². The number of aryl methyl sites for hydroxylation is 1. The summed E-state index contributed by atoms with van der Waals surface area (Å²) < 4.78 is 13.7. The standard InChI is InChI=1S/C16H13ClFNO/c17-11-6-7-13(14(18)9-11)16(20)19-15-8-5-10-3-1-2-4-12(10)15/h1-4,6-7,9,15H,5,8H2,(H,19,20). The number of halogens is 2. The zero-order valence-electron chi connectivity index (χ0n) is 10.7. The quantitative estimate of drug-likeness (QED) is 0.893. The number of carbonyl (C=O) groups excluding carboxylic acids is 1. The first kappa shape index (κ1) is 13.1. The Kier molecular flexibility index (Phi) is 3.45. The number of nitrogens with one attached hydrogen (secondary N) is 1. The van der Waals surface area contributed by atoms with Gasteiger partial charge in [-0.05, 0) is 42.2 Å². The Balaban J connectivity index is 1.81. The molecule has 1 aliphatic rings. The summed E-state index contributed by atoms with van der Waals surface area (Å²) in [5.74, 6) is -0.998. The summed E-state index contributed by atoms with van der Waals surface area (Å²) in [6.45, 7) is 0. The average molecular weight is 290 g/mol. The van der Waals surface area contributed by atoms with Crippen LogP contribution in [-0.2, 0) is 6.42 Å². The second-order valence-electron chi connectivity index (χ2n) is 4.89. The minimum Gasteiger partial charge on any atom is -0.345 e. The van der Waals surface area contributed by atoms with Crippen LogP contribution in [0.5, 0.6) is 0 Å². The third-order valence-corrected chi connectivity index (χ3v) is 3.85. The molecule has 0 bridgehead atoms. The van der Waals surface area contributed by atoms with Crippen LogP contribution in [0.25, 0.3) is 0 Å². The maximum atomic E-state index is 13.7. The predicted molar refractivity (Wildman–Crippen MR) is 76.4 cm³/mol. The molecule has 1 atom stereocenters. The molecule has 2 aromatic rings. The number of fused-ring (bicyclic) bond motifs is 1. The Morgan fingerprint density at radius 3 is 2.85 bits per heavy atom. The van der Waals surface area contributed by atoms with Gasteiger partial charge in [0.1, 0.15) is 5.82 Å². The van der Waals surface area contributed by atoms with Crippen molar-refractivity contribution in [2.24, 2.45) is 0 Å². The van der Waals surface area contributed by atoms with E-state index in [9.17, 15) is 9.18 Å². The number of hydrogen-bond donors (Lipinski definition) is 1. The molecule has 0 saturated carbocycles. The first-order valence-corrected chi connectivity index (χ1v) is 6.86. The Labute approximate surface area is 121 Å². The Morgan fingerprint density at radius 2 is 2.05 bits per heavy atom. The second-order valence-corrected chi connectivity index (χ2v) is 5.32. The fourth-order valence-electron chi connectivity index (χ4n) is 2.62. The van der Waals surface area contributed by atoms with Crippen molar-refractivity contribution in [3.63, 3.8) is 0 Å². The van der Waals surface area contributed by atoms with Gasteiger partial charge in [0.2, 0.25) is 0 Å². The molecular weight excluding hydrogens is 277 g/mol. The molecule has 0 radical (unpaired) electrons. The van der Waals surface area contributed by atoms with Gasteiger partial charge in [0.05, 0.1) is 11.6 Å². The highest BCUT2D eigenvalue weighted by molar-refractivity contribution is 6.30. The third kappa shape index (κ3) is 2.41. The van der Waals surface area contributed by atoms with E-state index < -0.39 is 11.7 Å². The topological polar surface area (TPSA) is 29.1 Å². The fourth-order valence-corrected chi connectivity index (χ4v) is 2.78. The number of rotatable bonds is 2. The van der Waals surface area contributed by atoms with Gasteiger partial charge in [-0.15, -0.1) is 0 Å². The summed E-state index contributed by atoms with van der Waals surface area (Å²) in [6, 6.07) is 12.0. The van der Waals surface area contributed by atoms with Gasteiger partial charge in [0, 0.05) is 5.02 Å². The van der Waals surface area contributed by atoms with Gasteiger partial charge in [-0.2, -0.15) is 0 Å². The smallest absolute Gasteiger partial charge is 0.254 e. The van der Waals surface area contributed by atoms with Crippen molar-refractivity contribution in [1.82, 2.24) is 5.32 Å². The lowest BCUT2D eigenvalue weighted by atomic mass is 10.1. The number of benzene rings is 2. The van der Waals surface area contributed by atoms with Crippen molar-refractivity contribution < 1.29 is 9.18 Å². The van der Waals surface area contributed by atoms with Crippen molar-refractivity contribution in [1.29, 1.82) is 0 Å². The molecule has 0 spiro atoms.